The second-order valence-corrected chi connectivity index (χ2v) is 6.42. The largest absolute Gasteiger partial charge is 0.367 e. The topological polar surface area (TPSA) is 20.3 Å². The number of carbonyl (C=O) groups excluding carboxylic acids is 1. The first kappa shape index (κ1) is 10.7. The van der Waals surface area contributed by atoms with Gasteiger partial charge in [-0.1, -0.05) is 18.2 Å². The van der Waals surface area contributed by atoms with Crippen molar-refractivity contribution in [2.24, 2.45) is 5.92 Å². The molecule has 0 amide bonds. The van der Waals surface area contributed by atoms with Crippen molar-refractivity contribution >= 4 is 23.2 Å². The Bertz CT molecular complexity index is 539. The molecule has 0 radical (unpaired) electrons. The maximum atomic E-state index is 12.3. The zero-order valence-corrected chi connectivity index (χ0v) is 10.9. The highest BCUT2D eigenvalue weighted by Crippen LogP contribution is 2.45. The SMILES string of the molecule is O=C1CC2C3C=CSC3CCN2c2ccccc21. The van der Waals surface area contributed by atoms with E-state index in [9.17, 15) is 4.79 Å². The molecule has 4 rings (SSSR count). The number of hydrogen-bond acceptors (Lipinski definition) is 3. The van der Waals surface area contributed by atoms with E-state index in [1.807, 2.05) is 30.0 Å². The smallest absolute Gasteiger partial charge is 0.167 e. The van der Waals surface area contributed by atoms with Gasteiger partial charge in [0.15, 0.2) is 5.78 Å². The number of fused-ring (bicyclic) bond motifs is 5. The number of Topliss-reactive ketones (excluding diaryl/α,β-unsaturated/α-hetero) is 1. The van der Waals surface area contributed by atoms with E-state index in [1.54, 1.807) is 0 Å². The van der Waals surface area contributed by atoms with Gasteiger partial charge >= 0.3 is 0 Å². The number of rotatable bonds is 0. The van der Waals surface area contributed by atoms with Crippen LogP contribution in [0.4, 0.5) is 5.69 Å². The molecule has 1 aromatic rings. The van der Waals surface area contributed by atoms with Crippen molar-refractivity contribution in [3.63, 3.8) is 0 Å². The first-order valence-electron chi connectivity index (χ1n) is 6.55. The van der Waals surface area contributed by atoms with Crippen molar-refractivity contribution in [1.29, 1.82) is 0 Å². The lowest BCUT2D eigenvalue weighted by atomic mass is 9.81. The van der Waals surface area contributed by atoms with E-state index in [1.165, 1.54) is 6.42 Å². The van der Waals surface area contributed by atoms with Gasteiger partial charge < -0.3 is 4.90 Å². The van der Waals surface area contributed by atoms with Crippen molar-refractivity contribution in [1.82, 2.24) is 0 Å². The Morgan fingerprint density at radius 1 is 1.28 bits per heavy atom. The molecule has 2 nitrogen and oxygen atoms in total. The zero-order valence-electron chi connectivity index (χ0n) is 10.1. The van der Waals surface area contributed by atoms with E-state index in [-0.39, 0.29) is 0 Å². The van der Waals surface area contributed by atoms with Crippen molar-refractivity contribution in [2.45, 2.75) is 24.1 Å². The molecule has 3 aliphatic rings. The Morgan fingerprint density at radius 2 is 2.17 bits per heavy atom. The number of para-hydroxylation sites is 1. The average Bonchev–Trinajstić information content (AvgIpc) is 2.88. The van der Waals surface area contributed by atoms with Gasteiger partial charge in [0.25, 0.3) is 0 Å². The summed E-state index contributed by atoms with van der Waals surface area (Å²) < 4.78 is 0. The van der Waals surface area contributed by atoms with Crippen LogP contribution < -0.4 is 4.90 Å². The molecule has 0 saturated carbocycles. The molecule has 18 heavy (non-hydrogen) atoms. The van der Waals surface area contributed by atoms with Crippen LogP contribution in [0.1, 0.15) is 23.2 Å². The van der Waals surface area contributed by atoms with Gasteiger partial charge in [0.1, 0.15) is 0 Å². The molecule has 0 N–H and O–H groups in total. The Morgan fingerprint density at radius 3 is 3.11 bits per heavy atom. The molecular weight excluding hydrogens is 242 g/mol. The second-order valence-electron chi connectivity index (χ2n) is 5.27. The minimum absolute atomic E-state index is 0.317. The first-order chi connectivity index (χ1) is 8.84. The van der Waals surface area contributed by atoms with E-state index < -0.39 is 0 Å². The van der Waals surface area contributed by atoms with Gasteiger partial charge in [0, 0.05) is 41.4 Å². The standard InChI is InChI=1S/C15H15NOS/c17-14-9-13-11-6-8-18-15(11)5-7-16(13)12-4-2-1-3-10(12)14/h1-4,6,8,11,13,15H,5,7,9H2. The Kier molecular flexibility index (Phi) is 2.31. The Balaban J connectivity index is 1.79. The number of piperidine rings is 1. The van der Waals surface area contributed by atoms with E-state index in [0.717, 1.165) is 17.8 Å². The predicted molar refractivity (Wildman–Crippen MR) is 75.1 cm³/mol. The lowest BCUT2D eigenvalue weighted by molar-refractivity contribution is 0.0954. The predicted octanol–water partition coefficient (Wildman–Crippen LogP) is 3.10. The average molecular weight is 257 g/mol. The zero-order chi connectivity index (χ0) is 12.1. The number of ketones is 1. The molecule has 1 saturated heterocycles. The third kappa shape index (κ3) is 1.40. The highest BCUT2D eigenvalue weighted by Gasteiger charge is 2.43. The van der Waals surface area contributed by atoms with E-state index in [2.05, 4.69) is 22.5 Å². The van der Waals surface area contributed by atoms with Gasteiger partial charge in [0.2, 0.25) is 0 Å². The van der Waals surface area contributed by atoms with Gasteiger partial charge in [-0.05, 0) is 24.0 Å². The summed E-state index contributed by atoms with van der Waals surface area (Å²) in [5.74, 6) is 0.874. The third-order valence-electron chi connectivity index (χ3n) is 4.39. The molecule has 1 aromatic carbocycles. The molecule has 3 heterocycles. The summed E-state index contributed by atoms with van der Waals surface area (Å²) >= 11 is 1.95. The maximum absolute atomic E-state index is 12.3. The van der Waals surface area contributed by atoms with Crippen LogP contribution in [0, 0.1) is 5.92 Å². The molecule has 0 spiro atoms. The molecule has 3 unspecified atom stereocenters. The van der Waals surface area contributed by atoms with E-state index in [4.69, 9.17) is 0 Å². The van der Waals surface area contributed by atoms with Crippen LogP contribution in [-0.4, -0.2) is 23.6 Å². The molecule has 0 bridgehead atoms. The van der Waals surface area contributed by atoms with Crippen LogP contribution in [0.25, 0.3) is 0 Å². The number of hydrogen-bond donors (Lipinski definition) is 0. The van der Waals surface area contributed by atoms with Crippen molar-refractivity contribution in [3.8, 4) is 0 Å². The number of carbonyl (C=O) groups is 1. The van der Waals surface area contributed by atoms with Crippen LogP contribution in [0.15, 0.2) is 35.7 Å². The van der Waals surface area contributed by atoms with Gasteiger partial charge in [-0.3, -0.25) is 4.79 Å². The fraction of sp³-hybridized carbons (Fsp3) is 0.400. The van der Waals surface area contributed by atoms with Crippen LogP contribution in [0.3, 0.4) is 0 Å². The minimum atomic E-state index is 0.317. The quantitative estimate of drug-likeness (QED) is 0.712. The molecule has 3 aliphatic heterocycles. The summed E-state index contributed by atoms with van der Waals surface area (Å²) in [4.78, 5) is 14.7. The molecule has 92 valence electrons. The number of thioether (sulfide) groups is 1. The molecule has 3 heteroatoms. The molecule has 3 atom stereocenters. The van der Waals surface area contributed by atoms with Crippen molar-refractivity contribution in [2.75, 3.05) is 11.4 Å². The van der Waals surface area contributed by atoms with Gasteiger partial charge in [-0.15, -0.1) is 11.8 Å². The lowest BCUT2D eigenvalue weighted by Gasteiger charge is -2.46. The molecule has 0 aromatic heterocycles. The first-order valence-corrected chi connectivity index (χ1v) is 7.50. The highest BCUT2D eigenvalue weighted by molar-refractivity contribution is 8.03. The summed E-state index contributed by atoms with van der Waals surface area (Å²) in [6.07, 6.45) is 4.22. The van der Waals surface area contributed by atoms with Crippen LogP contribution in [-0.2, 0) is 0 Å². The van der Waals surface area contributed by atoms with E-state index >= 15 is 0 Å². The van der Waals surface area contributed by atoms with Crippen LogP contribution in [0.5, 0.6) is 0 Å². The minimum Gasteiger partial charge on any atom is -0.367 e. The normalized spacial score (nSPS) is 33.0. The van der Waals surface area contributed by atoms with Gasteiger partial charge in [0.05, 0.1) is 0 Å². The monoisotopic (exact) mass is 257 g/mol. The van der Waals surface area contributed by atoms with E-state index in [0.29, 0.717) is 29.4 Å². The third-order valence-corrected chi connectivity index (χ3v) is 5.60. The van der Waals surface area contributed by atoms with Crippen molar-refractivity contribution in [3.05, 3.63) is 41.3 Å². The molecular formula is C15H15NOS. The number of anilines is 1. The van der Waals surface area contributed by atoms with Gasteiger partial charge in [-0.2, -0.15) is 0 Å². The molecule has 1 fully saturated rings. The Hall–Kier alpha value is -1.22. The lowest BCUT2D eigenvalue weighted by Crippen LogP contribution is -2.52. The maximum Gasteiger partial charge on any atom is 0.167 e. The summed E-state index contributed by atoms with van der Waals surface area (Å²) in [6.45, 7) is 1.09. The summed E-state index contributed by atoms with van der Waals surface area (Å²) in [5, 5.41) is 2.92. The van der Waals surface area contributed by atoms with Gasteiger partial charge in [-0.25, -0.2) is 0 Å². The van der Waals surface area contributed by atoms with Crippen molar-refractivity contribution < 1.29 is 4.79 Å². The fourth-order valence-corrected chi connectivity index (χ4v) is 4.70. The number of benzene rings is 1. The summed E-state index contributed by atoms with van der Waals surface area (Å²) in [5.41, 5.74) is 2.07. The second kappa shape index (κ2) is 3.89. The highest BCUT2D eigenvalue weighted by atomic mass is 32.2. The summed E-state index contributed by atoms with van der Waals surface area (Å²) in [6, 6.07) is 8.47. The van der Waals surface area contributed by atoms with Crippen LogP contribution >= 0.6 is 11.8 Å². The fourth-order valence-electron chi connectivity index (χ4n) is 3.53. The molecule has 0 aliphatic carbocycles. The number of nitrogens with zero attached hydrogens (tertiary/aromatic N) is 1. The summed E-state index contributed by atoms with van der Waals surface area (Å²) in [7, 11) is 0. The Labute approximate surface area is 111 Å². The van der Waals surface area contributed by atoms with Crippen LogP contribution in [0.2, 0.25) is 0 Å².